The SMILES string of the molecule is Cc1cc2n(n1)CC[C@H](NC(=O)c1nc3n(n1)[C@@H](c1ccccc1)CC3(F)F)C(=O)N2C. The fourth-order valence-electron chi connectivity index (χ4n) is 4.29. The highest BCUT2D eigenvalue weighted by molar-refractivity contribution is 6.00. The Morgan fingerprint density at radius 2 is 1.97 bits per heavy atom. The zero-order valence-electron chi connectivity index (χ0n) is 17.5. The van der Waals surface area contributed by atoms with Crippen LogP contribution >= 0.6 is 0 Å². The van der Waals surface area contributed by atoms with Gasteiger partial charge in [0.25, 0.3) is 11.8 Å². The Labute approximate surface area is 182 Å². The summed E-state index contributed by atoms with van der Waals surface area (Å²) in [5.41, 5.74) is 1.45. The summed E-state index contributed by atoms with van der Waals surface area (Å²) in [6.07, 6.45) is -0.162. The molecule has 2 atom stereocenters. The molecule has 2 aliphatic heterocycles. The van der Waals surface area contributed by atoms with E-state index in [4.69, 9.17) is 0 Å². The summed E-state index contributed by atoms with van der Waals surface area (Å²) < 4.78 is 32.0. The summed E-state index contributed by atoms with van der Waals surface area (Å²) in [6, 6.07) is 9.01. The van der Waals surface area contributed by atoms with E-state index in [0.29, 0.717) is 24.3 Å². The third-order valence-electron chi connectivity index (χ3n) is 5.88. The van der Waals surface area contributed by atoms with E-state index >= 15 is 0 Å². The standard InChI is InChI=1S/C21H21F2N7O2/c1-12-10-16-28(2)19(32)14(8-9-29(16)26-12)24-18(31)17-25-20-21(22,23)11-15(30(20)27-17)13-6-4-3-5-7-13/h3-7,10,14-15H,8-9,11H2,1-2H3,(H,24,31)/t14-,15+/m0/s1. The van der Waals surface area contributed by atoms with E-state index in [9.17, 15) is 18.4 Å². The summed E-state index contributed by atoms with van der Waals surface area (Å²) in [4.78, 5) is 31.0. The van der Waals surface area contributed by atoms with Crippen LogP contribution in [0.15, 0.2) is 36.4 Å². The lowest BCUT2D eigenvalue weighted by Crippen LogP contribution is -2.47. The molecule has 0 saturated carbocycles. The van der Waals surface area contributed by atoms with Crippen molar-refractivity contribution in [3.05, 3.63) is 59.3 Å². The van der Waals surface area contributed by atoms with E-state index in [2.05, 4.69) is 20.5 Å². The second-order valence-electron chi connectivity index (χ2n) is 8.12. The molecule has 2 aromatic heterocycles. The summed E-state index contributed by atoms with van der Waals surface area (Å²) in [7, 11) is 1.61. The van der Waals surface area contributed by atoms with Gasteiger partial charge in [0.05, 0.1) is 11.7 Å². The molecule has 166 valence electrons. The highest BCUT2D eigenvalue weighted by atomic mass is 19.3. The molecule has 0 radical (unpaired) electrons. The Balaban J connectivity index is 1.38. The molecule has 5 rings (SSSR count). The summed E-state index contributed by atoms with van der Waals surface area (Å²) in [5, 5.41) is 11.1. The molecule has 2 aliphatic rings. The second-order valence-corrected chi connectivity index (χ2v) is 8.12. The Kier molecular flexibility index (Phi) is 4.57. The van der Waals surface area contributed by atoms with Crippen LogP contribution in [0.3, 0.4) is 0 Å². The van der Waals surface area contributed by atoms with E-state index in [1.54, 1.807) is 48.1 Å². The Morgan fingerprint density at radius 1 is 1.22 bits per heavy atom. The molecule has 3 aromatic rings. The number of carbonyl (C=O) groups is 2. The molecule has 4 heterocycles. The first-order valence-electron chi connectivity index (χ1n) is 10.3. The average molecular weight is 441 g/mol. The second kappa shape index (κ2) is 7.21. The predicted molar refractivity (Wildman–Crippen MR) is 109 cm³/mol. The van der Waals surface area contributed by atoms with Gasteiger partial charge >= 0.3 is 5.92 Å². The van der Waals surface area contributed by atoms with Gasteiger partial charge in [0, 0.05) is 26.1 Å². The average Bonchev–Trinajstić information content (AvgIpc) is 3.42. The molecule has 0 spiro atoms. The predicted octanol–water partition coefficient (Wildman–Crippen LogP) is 2.03. The first-order chi connectivity index (χ1) is 15.2. The molecule has 1 N–H and O–H groups in total. The number of amides is 2. The van der Waals surface area contributed by atoms with E-state index < -0.39 is 36.2 Å². The summed E-state index contributed by atoms with van der Waals surface area (Å²) in [6.45, 7) is 2.26. The molecule has 9 nitrogen and oxygen atoms in total. The van der Waals surface area contributed by atoms with Gasteiger partial charge in [-0.1, -0.05) is 30.3 Å². The molecule has 11 heteroatoms. The van der Waals surface area contributed by atoms with E-state index in [-0.39, 0.29) is 11.7 Å². The molecule has 0 aliphatic carbocycles. The number of halogens is 2. The zero-order valence-corrected chi connectivity index (χ0v) is 17.5. The van der Waals surface area contributed by atoms with Gasteiger partial charge in [0.2, 0.25) is 5.82 Å². The molecular weight excluding hydrogens is 420 g/mol. The Bertz CT molecular complexity index is 1200. The number of carbonyl (C=O) groups excluding carboxylic acids is 2. The number of hydrogen-bond acceptors (Lipinski definition) is 5. The van der Waals surface area contributed by atoms with Gasteiger partial charge in [0.15, 0.2) is 5.82 Å². The van der Waals surface area contributed by atoms with Crippen LogP contribution in [0.1, 0.15) is 46.6 Å². The highest BCUT2D eigenvalue weighted by Gasteiger charge is 2.49. The molecule has 0 saturated heterocycles. The van der Waals surface area contributed by atoms with Gasteiger partial charge < -0.3 is 5.32 Å². The number of alkyl halides is 2. The van der Waals surface area contributed by atoms with E-state index in [1.165, 1.54) is 4.90 Å². The maximum atomic E-state index is 14.6. The number of rotatable bonds is 3. The van der Waals surface area contributed by atoms with Gasteiger partial charge in [-0.2, -0.15) is 13.9 Å². The van der Waals surface area contributed by atoms with Crippen LogP contribution in [0, 0.1) is 6.92 Å². The van der Waals surface area contributed by atoms with Crippen LogP contribution < -0.4 is 10.2 Å². The maximum Gasteiger partial charge on any atom is 0.308 e. The molecule has 0 unspecified atom stereocenters. The van der Waals surface area contributed by atoms with Crippen molar-refractivity contribution in [1.82, 2.24) is 29.9 Å². The first kappa shape index (κ1) is 20.3. The van der Waals surface area contributed by atoms with Gasteiger partial charge in [0.1, 0.15) is 11.9 Å². The van der Waals surface area contributed by atoms with Gasteiger partial charge in [-0.3, -0.25) is 14.5 Å². The van der Waals surface area contributed by atoms with Gasteiger partial charge in [-0.15, -0.1) is 5.10 Å². The summed E-state index contributed by atoms with van der Waals surface area (Å²) >= 11 is 0. The smallest absolute Gasteiger partial charge is 0.308 e. The molecular formula is C21H21F2N7O2. The number of aromatic nitrogens is 5. The lowest BCUT2D eigenvalue weighted by Gasteiger charge is -2.20. The molecule has 32 heavy (non-hydrogen) atoms. The summed E-state index contributed by atoms with van der Waals surface area (Å²) in [5.74, 6) is -4.59. The number of benzene rings is 1. The first-order valence-corrected chi connectivity index (χ1v) is 10.3. The van der Waals surface area contributed by atoms with Crippen molar-refractivity contribution < 1.29 is 18.4 Å². The van der Waals surface area contributed by atoms with Crippen molar-refractivity contribution in [3.8, 4) is 0 Å². The fraction of sp³-hybridized carbons (Fsp3) is 0.381. The monoisotopic (exact) mass is 441 g/mol. The lowest BCUT2D eigenvalue weighted by molar-refractivity contribution is -0.120. The van der Waals surface area contributed by atoms with Gasteiger partial charge in [-0.05, 0) is 18.9 Å². The van der Waals surface area contributed by atoms with Crippen molar-refractivity contribution in [2.75, 3.05) is 11.9 Å². The topological polar surface area (TPSA) is 97.9 Å². The van der Waals surface area contributed by atoms with Crippen LogP contribution in [-0.2, 0) is 17.3 Å². The quantitative estimate of drug-likeness (QED) is 0.671. The zero-order chi connectivity index (χ0) is 22.6. The Morgan fingerprint density at radius 3 is 2.72 bits per heavy atom. The van der Waals surface area contributed by atoms with Crippen molar-refractivity contribution >= 4 is 17.6 Å². The number of likely N-dealkylation sites (N-methyl/N-ethyl adjacent to an activating group) is 1. The van der Waals surface area contributed by atoms with Crippen LogP contribution in [0.5, 0.6) is 0 Å². The van der Waals surface area contributed by atoms with Crippen LogP contribution in [0.4, 0.5) is 14.6 Å². The number of nitrogens with zero attached hydrogens (tertiary/aromatic N) is 6. The minimum absolute atomic E-state index is 0.305. The van der Waals surface area contributed by atoms with Crippen LogP contribution in [0.2, 0.25) is 0 Å². The molecule has 0 bridgehead atoms. The van der Waals surface area contributed by atoms with Crippen molar-refractivity contribution in [1.29, 1.82) is 0 Å². The molecule has 0 fully saturated rings. The van der Waals surface area contributed by atoms with Crippen molar-refractivity contribution in [2.45, 2.75) is 44.3 Å². The number of hydrogen-bond donors (Lipinski definition) is 1. The Hall–Kier alpha value is -3.63. The number of aryl methyl sites for hydroxylation is 2. The minimum Gasteiger partial charge on any atom is -0.337 e. The molecule has 2 amide bonds. The number of fused-ring (bicyclic) bond motifs is 2. The van der Waals surface area contributed by atoms with Crippen molar-refractivity contribution in [3.63, 3.8) is 0 Å². The van der Waals surface area contributed by atoms with E-state index in [0.717, 1.165) is 10.4 Å². The molecule has 1 aromatic carbocycles. The van der Waals surface area contributed by atoms with E-state index in [1.807, 2.05) is 6.92 Å². The van der Waals surface area contributed by atoms with Crippen molar-refractivity contribution in [2.24, 2.45) is 0 Å². The number of nitrogens with one attached hydrogen (secondary N) is 1. The van der Waals surface area contributed by atoms with Crippen LogP contribution in [0.25, 0.3) is 0 Å². The third-order valence-corrected chi connectivity index (χ3v) is 5.88. The normalized spacial score (nSPS) is 21.8. The fourth-order valence-corrected chi connectivity index (χ4v) is 4.29. The minimum atomic E-state index is -3.21. The highest BCUT2D eigenvalue weighted by Crippen LogP contribution is 2.45. The van der Waals surface area contributed by atoms with Gasteiger partial charge in [-0.25, -0.2) is 14.3 Å². The third kappa shape index (κ3) is 3.24. The van der Waals surface area contributed by atoms with Crippen LogP contribution in [-0.4, -0.2) is 49.4 Å². The number of anilines is 1. The largest absolute Gasteiger partial charge is 0.337 e. The maximum absolute atomic E-state index is 14.6. The lowest BCUT2D eigenvalue weighted by atomic mass is 10.0.